The molecule has 0 amide bonds. The van der Waals surface area contributed by atoms with E-state index in [2.05, 4.69) is 15.3 Å². The van der Waals surface area contributed by atoms with Gasteiger partial charge in [0.2, 0.25) is 5.95 Å². The van der Waals surface area contributed by atoms with E-state index in [-0.39, 0.29) is 18.6 Å². The summed E-state index contributed by atoms with van der Waals surface area (Å²) < 4.78 is 0. The fourth-order valence-corrected chi connectivity index (χ4v) is 1.76. The number of aryl methyl sites for hydroxylation is 1. The minimum Gasteiger partial charge on any atom is -0.394 e. The van der Waals surface area contributed by atoms with Crippen molar-refractivity contribution in [3.8, 4) is 0 Å². The second-order valence-electron chi connectivity index (χ2n) is 4.04. The predicted molar refractivity (Wildman–Crippen MR) is 71.1 cm³/mol. The summed E-state index contributed by atoms with van der Waals surface area (Å²) >= 11 is 0. The average molecular weight is 244 g/mol. The second-order valence-corrected chi connectivity index (χ2v) is 4.04. The van der Waals surface area contributed by atoms with Crippen LogP contribution in [0.3, 0.4) is 0 Å². The van der Waals surface area contributed by atoms with E-state index in [0.717, 1.165) is 11.3 Å². The third kappa shape index (κ3) is 2.95. The molecule has 0 aliphatic rings. The van der Waals surface area contributed by atoms with Gasteiger partial charge in [0.15, 0.2) is 0 Å². The molecule has 5 nitrogen and oxygen atoms in total. The number of nitrogen functional groups attached to an aromatic ring is 1. The van der Waals surface area contributed by atoms with E-state index in [4.69, 9.17) is 5.73 Å². The van der Waals surface area contributed by atoms with Crippen molar-refractivity contribution in [3.05, 3.63) is 47.7 Å². The Labute approximate surface area is 106 Å². The van der Waals surface area contributed by atoms with Gasteiger partial charge in [0, 0.05) is 11.8 Å². The Morgan fingerprint density at radius 3 is 2.61 bits per heavy atom. The highest BCUT2D eigenvalue weighted by Gasteiger charge is 2.10. The number of benzene rings is 1. The summed E-state index contributed by atoms with van der Waals surface area (Å²) in [6.07, 6.45) is 0. The smallest absolute Gasteiger partial charge is 0.222 e. The Hall–Kier alpha value is -2.14. The van der Waals surface area contributed by atoms with E-state index < -0.39 is 0 Å². The summed E-state index contributed by atoms with van der Waals surface area (Å²) in [7, 11) is 0. The van der Waals surface area contributed by atoms with Crippen molar-refractivity contribution in [3.63, 3.8) is 0 Å². The molecule has 94 valence electrons. The van der Waals surface area contributed by atoms with E-state index >= 15 is 0 Å². The number of nitrogens with two attached hydrogens (primary N) is 1. The molecule has 0 bridgehead atoms. The molecule has 0 fully saturated rings. The van der Waals surface area contributed by atoms with Crippen molar-refractivity contribution in [2.45, 2.75) is 13.0 Å². The molecular weight excluding hydrogens is 228 g/mol. The van der Waals surface area contributed by atoms with Gasteiger partial charge in [0.1, 0.15) is 5.82 Å². The highest BCUT2D eigenvalue weighted by Crippen LogP contribution is 2.18. The van der Waals surface area contributed by atoms with Gasteiger partial charge < -0.3 is 16.2 Å². The highest BCUT2D eigenvalue weighted by atomic mass is 16.3. The molecule has 0 saturated heterocycles. The molecule has 4 N–H and O–H groups in total. The molecule has 0 aliphatic heterocycles. The van der Waals surface area contributed by atoms with Crippen LogP contribution in [-0.2, 0) is 0 Å². The molecule has 2 rings (SSSR count). The first kappa shape index (κ1) is 12.3. The first-order valence-corrected chi connectivity index (χ1v) is 5.72. The molecule has 18 heavy (non-hydrogen) atoms. The summed E-state index contributed by atoms with van der Waals surface area (Å²) in [5, 5.41) is 12.6. The van der Waals surface area contributed by atoms with Crippen LogP contribution in [0.1, 0.15) is 17.3 Å². The number of nitrogens with zero attached hydrogens (tertiary/aromatic N) is 2. The van der Waals surface area contributed by atoms with E-state index in [1.54, 1.807) is 6.07 Å². The number of hydrogen-bond acceptors (Lipinski definition) is 5. The number of aromatic nitrogens is 2. The standard InChI is InChI=1S/C13H16N4O/c1-9-7-12(17-13(14)15-9)16-11(8-18)10-5-3-2-4-6-10/h2-7,11,18H,8H2,1H3,(H3,14,15,16,17)/t11-/m0/s1. The van der Waals surface area contributed by atoms with Crippen LogP contribution in [0.5, 0.6) is 0 Å². The van der Waals surface area contributed by atoms with Crippen LogP contribution in [0.25, 0.3) is 0 Å². The molecule has 0 saturated carbocycles. The van der Waals surface area contributed by atoms with Gasteiger partial charge in [-0.15, -0.1) is 0 Å². The number of aliphatic hydroxyl groups excluding tert-OH is 1. The van der Waals surface area contributed by atoms with Crippen LogP contribution in [-0.4, -0.2) is 21.7 Å². The normalized spacial score (nSPS) is 12.1. The lowest BCUT2D eigenvalue weighted by molar-refractivity contribution is 0.276. The first-order valence-electron chi connectivity index (χ1n) is 5.72. The predicted octanol–water partition coefficient (Wildman–Crippen LogP) is 1.51. The summed E-state index contributed by atoms with van der Waals surface area (Å²) in [6.45, 7) is 1.83. The van der Waals surface area contributed by atoms with Crippen LogP contribution in [0.4, 0.5) is 11.8 Å². The van der Waals surface area contributed by atoms with Crippen molar-refractivity contribution in [2.75, 3.05) is 17.7 Å². The lowest BCUT2D eigenvalue weighted by atomic mass is 10.1. The maximum atomic E-state index is 9.44. The Bertz CT molecular complexity index is 495. The van der Waals surface area contributed by atoms with Crippen LogP contribution < -0.4 is 11.1 Å². The molecule has 0 radical (unpaired) electrons. The van der Waals surface area contributed by atoms with Crippen molar-refractivity contribution in [1.29, 1.82) is 0 Å². The number of hydrogen-bond donors (Lipinski definition) is 3. The quantitative estimate of drug-likeness (QED) is 0.759. The van der Waals surface area contributed by atoms with Gasteiger partial charge in [-0.05, 0) is 12.5 Å². The van der Waals surface area contributed by atoms with Gasteiger partial charge >= 0.3 is 0 Å². The maximum absolute atomic E-state index is 9.44. The molecule has 1 aromatic heterocycles. The van der Waals surface area contributed by atoms with Crippen molar-refractivity contribution >= 4 is 11.8 Å². The first-order chi connectivity index (χ1) is 8.69. The monoisotopic (exact) mass is 244 g/mol. The fourth-order valence-electron chi connectivity index (χ4n) is 1.76. The molecule has 1 atom stereocenters. The van der Waals surface area contributed by atoms with E-state index in [1.807, 2.05) is 37.3 Å². The Kier molecular flexibility index (Phi) is 3.74. The van der Waals surface area contributed by atoms with Gasteiger partial charge in [-0.1, -0.05) is 30.3 Å². The minimum atomic E-state index is -0.208. The number of anilines is 2. The zero-order chi connectivity index (χ0) is 13.0. The molecule has 1 heterocycles. The Balaban J connectivity index is 2.20. The summed E-state index contributed by atoms with van der Waals surface area (Å²) in [6, 6.07) is 11.3. The van der Waals surface area contributed by atoms with Gasteiger partial charge in [-0.2, -0.15) is 4.98 Å². The van der Waals surface area contributed by atoms with Gasteiger partial charge in [-0.3, -0.25) is 0 Å². The van der Waals surface area contributed by atoms with Gasteiger partial charge in [0.25, 0.3) is 0 Å². The van der Waals surface area contributed by atoms with Crippen LogP contribution >= 0.6 is 0 Å². The SMILES string of the molecule is Cc1cc(N[C@@H](CO)c2ccccc2)nc(N)n1. The third-order valence-corrected chi connectivity index (χ3v) is 2.58. The zero-order valence-corrected chi connectivity index (χ0v) is 10.2. The van der Waals surface area contributed by atoms with E-state index in [9.17, 15) is 5.11 Å². The highest BCUT2D eigenvalue weighted by molar-refractivity contribution is 5.42. The molecule has 2 aromatic rings. The average Bonchev–Trinajstić information content (AvgIpc) is 2.36. The largest absolute Gasteiger partial charge is 0.394 e. The summed E-state index contributed by atoms with van der Waals surface area (Å²) in [5.74, 6) is 0.838. The van der Waals surface area contributed by atoms with Crippen LogP contribution in [0.2, 0.25) is 0 Å². The fraction of sp³-hybridized carbons (Fsp3) is 0.231. The van der Waals surface area contributed by atoms with E-state index in [0.29, 0.717) is 5.82 Å². The topological polar surface area (TPSA) is 84.1 Å². The number of aliphatic hydroxyl groups is 1. The third-order valence-electron chi connectivity index (χ3n) is 2.58. The lowest BCUT2D eigenvalue weighted by Gasteiger charge is -2.17. The van der Waals surface area contributed by atoms with Crippen LogP contribution in [0.15, 0.2) is 36.4 Å². The van der Waals surface area contributed by atoms with Gasteiger partial charge in [0.05, 0.1) is 12.6 Å². The molecule has 0 spiro atoms. The molecular formula is C13H16N4O. The molecule has 0 aliphatic carbocycles. The van der Waals surface area contributed by atoms with Crippen molar-refractivity contribution < 1.29 is 5.11 Å². The molecule has 5 heteroatoms. The summed E-state index contributed by atoms with van der Waals surface area (Å²) in [5.41, 5.74) is 7.37. The number of rotatable bonds is 4. The Morgan fingerprint density at radius 1 is 1.28 bits per heavy atom. The second kappa shape index (κ2) is 5.46. The van der Waals surface area contributed by atoms with Crippen molar-refractivity contribution in [1.82, 2.24) is 9.97 Å². The minimum absolute atomic E-state index is 0.0209. The summed E-state index contributed by atoms with van der Waals surface area (Å²) in [4.78, 5) is 8.10. The van der Waals surface area contributed by atoms with E-state index in [1.165, 1.54) is 0 Å². The molecule has 0 unspecified atom stereocenters. The Morgan fingerprint density at radius 2 is 2.00 bits per heavy atom. The van der Waals surface area contributed by atoms with Crippen molar-refractivity contribution in [2.24, 2.45) is 0 Å². The van der Waals surface area contributed by atoms with Crippen LogP contribution in [0, 0.1) is 6.92 Å². The molecule has 1 aromatic carbocycles. The zero-order valence-electron chi connectivity index (χ0n) is 10.2. The lowest BCUT2D eigenvalue weighted by Crippen LogP contribution is -2.16. The maximum Gasteiger partial charge on any atom is 0.222 e. The number of nitrogens with one attached hydrogen (secondary N) is 1. The van der Waals surface area contributed by atoms with Gasteiger partial charge in [-0.25, -0.2) is 4.98 Å².